The van der Waals surface area contributed by atoms with Gasteiger partial charge in [0, 0.05) is 24.2 Å². The molecule has 0 heterocycles. The predicted octanol–water partition coefficient (Wildman–Crippen LogP) is 3.26. The summed E-state index contributed by atoms with van der Waals surface area (Å²) in [6.07, 6.45) is 0.833. The molecular weight excluding hydrogens is 278 g/mol. The topological polar surface area (TPSA) is 32.3 Å². The summed E-state index contributed by atoms with van der Waals surface area (Å²) in [5, 5.41) is 12.4. The number of halogens is 1. The average molecular weight is 300 g/mol. The van der Waals surface area contributed by atoms with E-state index in [9.17, 15) is 0 Å². The van der Waals surface area contributed by atoms with Crippen LogP contribution >= 0.6 is 15.9 Å². The molecular formula is C14H22BrNO. The zero-order chi connectivity index (χ0) is 12.9. The Labute approximate surface area is 113 Å². The second kappa shape index (κ2) is 6.53. The third-order valence-electron chi connectivity index (χ3n) is 3.01. The Morgan fingerprint density at radius 3 is 2.65 bits per heavy atom. The van der Waals surface area contributed by atoms with E-state index in [1.807, 2.05) is 0 Å². The second-order valence-corrected chi connectivity index (χ2v) is 6.23. The molecule has 0 amide bonds. The van der Waals surface area contributed by atoms with Crippen LogP contribution in [0.4, 0.5) is 0 Å². The van der Waals surface area contributed by atoms with Gasteiger partial charge in [0.25, 0.3) is 0 Å². The lowest BCUT2D eigenvalue weighted by molar-refractivity contribution is 0.207. The second-order valence-electron chi connectivity index (χ2n) is 5.31. The molecule has 2 nitrogen and oxygen atoms in total. The van der Waals surface area contributed by atoms with Crippen LogP contribution in [0.25, 0.3) is 0 Å². The summed E-state index contributed by atoms with van der Waals surface area (Å²) in [6, 6.07) is 6.35. The summed E-state index contributed by atoms with van der Waals surface area (Å²) in [5.74, 6) is 0. The summed E-state index contributed by atoms with van der Waals surface area (Å²) >= 11 is 3.47. The molecule has 0 fully saturated rings. The SMILES string of the molecule is Cc1cc(Br)ccc1CNCC(C)(C)CCO. The molecule has 0 unspecified atom stereocenters. The van der Waals surface area contributed by atoms with Crippen molar-refractivity contribution in [3.63, 3.8) is 0 Å². The van der Waals surface area contributed by atoms with E-state index in [4.69, 9.17) is 5.11 Å². The summed E-state index contributed by atoms with van der Waals surface area (Å²) in [5.41, 5.74) is 2.78. The first-order chi connectivity index (χ1) is 7.94. The maximum atomic E-state index is 8.96. The van der Waals surface area contributed by atoms with Crippen LogP contribution in [0, 0.1) is 12.3 Å². The molecule has 0 spiro atoms. The number of rotatable bonds is 6. The molecule has 0 aromatic heterocycles. The number of aryl methyl sites for hydroxylation is 1. The van der Waals surface area contributed by atoms with Crippen LogP contribution in [0.5, 0.6) is 0 Å². The Bertz CT molecular complexity index is 363. The van der Waals surface area contributed by atoms with Crippen molar-refractivity contribution in [1.29, 1.82) is 0 Å². The Hall–Kier alpha value is -0.380. The van der Waals surface area contributed by atoms with Gasteiger partial charge >= 0.3 is 0 Å². The van der Waals surface area contributed by atoms with Gasteiger partial charge in [0.2, 0.25) is 0 Å². The predicted molar refractivity (Wildman–Crippen MR) is 76.1 cm³/mol. The molecule has 0 aliphatic heterocycles. The molecule has 1 aromatic carbocycles. The van der Waals surface area contributed by atoms with Crippen molar-refractivity contribution in [3.05, 3.63) is 33.8 Å². The lowest BCUT2D eigenvalue weighted by Crippen LogP contribution is -2.30. The van der Waals surface area contributed by atoms with Gasteiger partial charge in [0.15, 0.2) is 0 Å². The third kappa shape index (κ3) is 5.19. The van der Waals surface area contributed by atoms with Gasteiger partial charge in [-0.3, -0.25) is 0 Å². The quantitative estimate of drug-likeness (QED) is 0.845. The minimum Gasteiger partial charge on any atom is -0.396 e. The highest BCUT2D eigenvalue weighted by molar-refractivity contribution is 9.10. The summed E-state index contributed by atoms with van der Waals surface area (Å²) in [4.78, 5) is 0. The normalized spacial score (nSPS) is 11.8. The highest BCUT2D eigenvalue weighted by Gasteiger charge is 2.16. The number of aliphatic hydroxyl groups excluding tert-OH is 1. The van der Waals surface area contributed by atoms with E-state index in [-0.39, 0.29) is 12.0 Å². The zero-order valence-electron chi connectivity index (χ0n) is 10.9. The van der Waals surface area contributed by atoms with E-state index in [0.29, 0.717) is 0 Å². The minimum atomic E-state index is 0.151. The molecule has 0 bridgehead atoms. The summed E-state index contributed by atoms with van der Waals surface area (Å²) in [7, 11) is 0. The van der Waals surface area contributed by atoms with Crippen molar-refractivity contribution in [1.82, 2.24) is 5.32 Å². The summed E-state index contributed by atoms with van der Waals surface area (Å²) in [6.45, 7) is 8.53. The molecule has 1 rings (SSSR count). The van der Waals surface area contributed by atoms with Crippen molar-refractivity contribution in [2.75, 3.05) is 13.2 Å². The van der Waals surface area contributed by atoms with E-state index in [2.05, 4.69) is 60.2 Å². The van der Waals surface area contributed by atoms with E-state index in [1.54, 1.807) is 0 Å². The van der Waals surface area contributed by atoms with Gasteiger partial charge in [0.05, 0.1) is 0 Å². The van der Waals surface area contributed by atoms with Crippen LogP contribution in [0.1, 0.15) is 31.4 Å². The van der Waals surface area contributed by atoms with Gasteiger partial charge in [-0.1, -0.05) is 35.8 Å². The van der Waals surface area contributed by atoms with Crippen molar-refractivity contribution in [2.24, 2.45) is 5.41 Å². The lowest BCUT2D eigenvalue weighted by atomic mass is 9.89. The summed E-state index contributed by atoms with van der Waals surface area (Å²) < 4.78 is 1.12. The molecule has 2 N–H and O–H groups in total. The van der Waals surface area contributed by atoms with Crippen LogP contribution in [-0.2, 0) is 6.54 Å². The molecule has 0 atom stereocenters. The minimum absolute atomic E-state index is 0.151. The van der Waals surface area contributed by atoms with Gasteiger partial charge in [0.1, 0.15) is 0 Å². The molecule has 1 aromatic rings. The number of aliphatic hydroxyl groups is 1. The standard InChI is InChI=1S/C14H22BrNO/c1-11-8-13(15)5-4-12(11)9-16-10-14(2,3)6-7-17/h4-5,8,16-17H,6-7,9-10H2,1-3H3. The molecule has 3 heteroatoms. The Kier molecular flexibility index (Phi) is 5.63. The van der Waals surface area contributed by atoms with Crippen molar-refractivity contribution in [3.8, 4) is 0 Å². The Morgan fingerprint density at radius 1 is 1.35 bits per heavy atom. The van der Waals surface area contributed by atoms with Crippen LogP contribution < -0.4 is 5.32 Å². The van der Waals surface area contributed by atoms with Crippen molar-refractivity contribution in [2.45, 2.75) is 33.7 Å². The van der Waals surface area contributed by atoms with E-state index in [0.717, 1.165) is 24.0 Å². The van der Waals surface area contributed by atoms with Gasteiger partial charge in [-0.15, -0.1) is 0 Å². The van der Waals surface area contributed by atoms with Gasteiger partial charge in [-0.2, -0.15) is 0 Å². The van der Waals surface area contributed by atoms with E-state index in [1.165, 1.54) is 11.1 Å². The van der Waals surface area contributed by atoms with E-state index >= 15 is 0 Å². The number of benzene rings is 1. The maximum absolute atomic E-state index is 8.96. The molecule has 0 radical (unpaired) electrons. The van der Waals surface area contributed by atoms with Gasteiger partial charge in [-0.05, 0) is 42.0 Å². The molecule has 0 aliphatic carbocycles. The average Bonchev–Trinajstić information content (AvgIpc) is 2.21. The van der Waals surface area contributed by atoms with Crippen LogP contribution in [0.2, 0.25) is 0 Å². The first-order valence-corrected chi connectivity index (χ1v) is 6.80. The molecule has 0 saturated carbocycles. The highest BCUT2D eigenvalue weighted by atomic mass is 79.9. The molecule has 96 valence electrons. The van der Waals surface area contributed by atoms with Crippen LogP contribution in [0.15, 0.2) is 22.7 Å². The molecule has 0 saturated heterocycles. The molecule has 0 aliphatic rings. The monoisotopic (exact) mass is 299 g/mol. The smallest absolute Gasteiger partial charge is 0.0436 e. The zero-order valence-corrected chi connectivity index (χ0v) is 12.5. The Morgan fingerprint density at radius 2 is 2.06 bits per heavy atom. The van der Waals surface area contributed by atoms with E-state index < -0.39 is 0 Å². The van der Waals surface area contributed by atoms with Gasteiger partial charge in [-0.25, -0.2) is 0 Å². The highest BCUT2D eigenvalue weighted by Crippen LogP contribution is 2.19. The molecule has 17 heavy (non-hydrogen) atoms. The van der Waals surface area contributed by atoms with Crippen LogP contribution in [0.3, 0.4) is 0 Å². The first kappa shape index (κ1) is 14.7. The first-order valence-electron chi connectivity index (χ1n) is 6.01. The third-order valence-corrected chi connectivity index (χ3v) is 3.51. The van der Waals surface area contributed by atoms with Crippen molar-refractivity contribution < 1.29 is 5.11 Å². The Balaban J connectivity index is 2.46. The van der Waals surface area contributed by atoms with Crippen molar-refractivity contribution >= 4 is 15.9 Å². The fraction of sp³-hybridized carbons (Fsp3) is 0.571. The van der Waals surface area contributed by atoms with Crippen LogP contribution in [-0.4, -0.2) is 18.3 Å². The largest absolute Gasteiger partial charge is 0.396 e. The number of hydrogen-bond donors (Lipinski definition) is 2. The maximum Gasteiger partial charge on any atom is 0.0436 e. The number of nitrogens with one attached hydrogen (secondary N) is 1. The van der Waals surface area contributed by atoms with Gasteiger partial charge < -0.3 is 10.4 Å². The fourth-order valence-electron chi connectivity index (χ4n) is 1.78. The lowest BCUT2D eigenvalue weighted by Gasteiger charge is -2.24. The fourth-order valence-corrected chi connectivity index (χ4v) is 2.26. The number of hydrogen-bond acceptors (Lipinski definition) is 2.